The Morgan fingerprint density at radius 1 is 1.00 bits per heavy atom. The zero-order valence-corrected chi connectivity index (χ0v) is 19.9. The zero-order chi connectivity index (χ0) is 25.2. The molecule has 0 amide bonds. The minimum atomic E-state index is -1.57. The van der Waals surface area contributed by atoms with Gasteiger partial charge in [-0.2, -0.15) is 0 Å². The number of ketones is 3. The molecule has 6 rings (SSSR count). The molecule has 1 spiro atoms. The molecule has 5 nitrogen and oxygen atoms in total. The molecule has 0 aromatic heterocycles. The molecule has 6 heteroatoms. The van der Waals surface area contributed by atoms with Crippen molar-refractivity contribution in [1.29, 1.82) is 0 Å². The van der Waals surface area contributed by atoms with Crippen LogP contribution in [-0.4, -0.2) is 36.0 Å². The SMILES string of the molecule is CCOc1ccccc1[C@H]1[C@H](C(C)=O)N2c3ccc(F)cc3C=C[C@@H]2C12C(=O)c1ccccc1C2=O. The number of benzene rings is 3. The highest BCUT2D eigenvalue weighted by Gasteiger charge is 2.71. The van der Waals surface area contributed by atoms with Crippen LogP contribution in [0.25, 0.3) is 6.08 Å². The maximum absolute atomic E-state index is 14.4. The molecule has 0 unspecified atom stereocenters. The average Bonchev–Trinajstić information content (AvgIpc) is 3.31. The molecular formula is C30H24FNO4. The highest BCUT2D eigenvalue weighted by Crippen LogP contribution is 2.61. The summed E-state index contributed by atoms with van der Waals surface area (Å²) >= 11 is 0. The maximum atomic E-state index is 14.4. The van der Waals surface area contributed by atoms with E-state index in [-0.39, 0.29) is 17.3 Å². The number of fused-ring (bicyclic) bond motifs is 5. The van der Waals surface area contributed by atoms with E-state index in [0.29, 0.717) is 40.3 Å². The second kappa shape index (κ2) is 7.98. The van der Waals surface area contributed by atoms with Gasteiger partial charge in [0.25, 0.3) is 0 Å². The Bertz CT molecular complexity index is 1440. The fourth-order valence-electron chi connectivity index (χ4n) is 6.47. The van der Waals surface area contributed by atoms with Crippen LogP contribution >= 0.6 is 0 Å². The third kappa shape index (κ3) is 2.78. The highest BCUT2D eigenvalue weighted by atomic mass is 19.1. The van der Waals surface area contributed by atoms with Gasteiger partial charge in [-0.15, -0.1) is 0 Å². The van der Waals surface area contributed by atoms with Gasteiger partial charge in [0.2, 0.25) is 0 Å². The second-order valence-corrected chi connectivity index (χ2v) is 9.49. The summed E-state index contributed by atoms with van der Waals surface area (Å²) < 4.78 is 20.1. The van der Waals surface area contributed by atoms with Crippen LogP contribution in [0.2, 0.25) is 0 Å². The lowest BCUT2D eigenvalue weighted by Gasteiger charge is -2.37. The molecule has 0 N–H and O–H groups in total. The van der Waals surface area contributed by atoms with Crippen LogP contribution in [0, 0.1) is 11.2 Å². The number of Topliss-reactive ketones (excluding diaryl/α,β-unsaturated/α-hetero) is 3. The summed E-state index contributed by atoms with van der Waals surface area (Å²) in [7, 11) is 0. The molecule has 0 bridgehead atoms. The Morgan fingerprint density at radius 3 is 2.33 bits per heavy atom. The first-order valence-corrected chi connectivity index (χ1v) is 12.1. The predicted octanol–water partition coefficient (Wildman–Crippen LogP) is 5.25. The summed E-state index contributed by atoms with van der Waals surface area (Å²) in [5.41, 5.74) is 1.02. The lowest BCUT2D eigenvalue weighted by atomic mass is 9.64. The second-order valence-electron chi connectivity index (χ2n) is 9.49. The molecular weight excluding hydrogens is 457 g/mol. The van der Waals surface area contributed by atoms with Gasteiger partial charge >= 0.3 is 0 Å². The van der Waals surface area contributed by atoms with Gasteiger partial charge in [0.05, 0.1) is 18.7 Å². The van der Waals surface area contributed by atoms with Crippen LogP contribution < -0.4 is 9.64 Å². The fraction of sp³-hybridized carbons (Fsp3) is 0.233. The summed E-state index contributed by atoms with van der Waals surface area (Å²) in [6.45, 7) is 3.73. The number of para-hydroxylation sites is 1. The van der Waals surface area contributed by atoms with Crippen molar-refractivity contribution in [1.82, 2.24) is 0 Å². The quantitative estimate of drug-likeness (QED) is 0.477. The van der Waals surface area contributed by atoms with E-state index in [2.05, 4.69) is 0 Å². The number of carbonyl (C=O) groups is 3. The van der Waals surface area contributed by atoms with Gasteiger partial charge in [-0.1, -0.05) is 54.6 Å². The topological polar surface area (TPSA) is 63.7 Å². The first kappa shape index (κ1) is 22.4. The summed E-state index contributed by atoms with van der Waals surface area (Å²) in [5.74, 6) is -1.45. The maximum Gasteiger partial charge on any atom is 0.180 e. The van der Waals surface area contributed by atoms with Gasteiger partial charge < -0.3 is 9.64 Å². The molecule has 1 saturated heterocycles. The largest absolute Gasteiger partial charge is 0.494 e. The first-order valence-electron chi connectivity index (χ1n) is 12.1. The van der Waals surface area contributed by atoms with E-state index < -0.39 is 29.2 Å². The van der Waals surface area contributed by atoms with E-state index in [1.807, 2.05) is 30.0 Å². The van der Waals surface area contributed by atoms with Crippen molar-refractivity contribution in [3.8, 4) is 5.75 Å². The van der Waals surface area contributed by atoms with E-state index in [4.69, 9.17) is 4.74 Å². The number of ether oxygens (including phenoxy) is 1. The number of carbonyl (C=O) groups excluding carboxylic acids is 3. The average molecular weight is 482 g/mol. The van der Waals surface area contributed by atoms with Crippen molar-refractivity contribution in [3.05, 3.63) is 101 Å². The molecule has 3 aromatic rings. The lowest BCUT2D eigenvalue weighted by molar-refractivity contribution is -0.118. The third-order valence-corrected chi connectivity index (χ3v) is 7.74. The number of hydrogen-bond acceptors (Lipinski definition) is 5. The molecule has 3 atom stereocenters. The van der Waals surface area contributed by atoms with Crippen LogP contribution in [-0.2, 0) is 4.79 Å². The van der Waals surface area contributed by atoms with Gasteiger partial charge in [-0.25, -0.2) is 4.39 Å². The number of anilines is 1. The number of rotatable bonds is 4. The number of nitrogens with zero attached hydrogens (tertiary/aromatic N) is 1. The Balaban J connectivity index is 1.69. The van der Waals surface area contributed by atoms with Crippen molar-refractivity contribution in [2.75, 3.05) is 11.5 Å². The molecule has 3 aromatic carbocycles. The van der Waals surface area contributed by atoms with Gasteiger partial charge in [0.1, 0.15) is 17.0 Å². The normalized spacial score (nSPS) is 23.0. The molecule has 1 fully saturated rings. The molecule has 36 heavy (non-hydrogen) atoms. The Hall–Kier alpha value is -4.06. The molecule has 0 radical (unpaired) electrons. The molecule has 2 heterocycles. The van der Waals surface area contributed by atoms with Crippen LogP contribution in [0.5, 0.6) is 5.75 Å². The lowest BCUT2D eigenvalue weighted by Crippen LogP contribution is -2.48. The number of hydrogen-bond donors (Lipinski definition) is 0. The summed E-state index contributed by atoms with van der Waals surface area (Å²) in [4.78, 5) is 44.1. The van der Waals surface area contributed by atoms with Crippen LogP contribution in [0.1, 0.15) is 51.6 Å². The van der Waals surface area contributed by atoms with Crippen molar-refractivity contribution in [3.63, 3.8) is 0 Å². The molecule has 2 aliphatic heterocycles. The summed E-state index contributed by atoms with van der Waals surface area (Å²) in [5, 5.41) is 0. The Morgan fingerprint density at radius 2 is 1.67 bits per heavy atom. The Kier molecular flexibility index (Phi) is 4.97. The van der Waals surface area contributed by atoms with Gasteiger partial charge in [-0.05, 0) is 38.1 Å². The van der Waals surface area contributed by atoms with Crippen LogP contribution in [0.3, 0.4) is 0 Å². The smallest absolute Gasteiger partial charge is 0.180 e. The van der Waals surface area contributed by atoms with Crippen molar-refractivity contribution >= 4 is 29.1 Å². The monoisotopic (exact) mass is 481 g/mol. The van der Waals surface area contributed by atoms with E-state index >= 15 is 0 Å². The van der Waals surface area contributed by atoms with Gasteiger partial charge in [0.15, 0.2) is 17.3 Å². The minimum absolute atomic E-state index is 0.185. The van der Waals surface area contributed by atoms with E-state index in [0.717, 1.165) is 0 Å². The number of halogens is 1. The standard InChI is InChI=1S/C30H24FNO4/c1-3-36-24-11-7-6-10-22(24)26-27(17(2)33)32-23-14-13-19(31)16-18(23)12-15-25(32)30(26)28(34)20-8-4-5-9-21(20)29(30)35/h4-16,25-27H,3H2,1-2H3/t25-,26+,27+/m1/s1. The predicted molar refractivity (Wildman–Crippen MR) is 134 cm³/mol. The summed E-state index contributed by atoms with van der Waals surface area (Å²) in [6.07, 6.45) is 3.53. The van der Waals surface area contributed by atoms with Gasteiger partial charge in [0, 0.05) is 33.9 Å². The van der Waals surface area contributed by atoms with E-state index in [1.165, 1.54) is 19.1 Å². The zero-order valence-electron chi connectivity index (χ0n) is 19.9. The molecule has 0 saturated carbocycles. The highest BCUT2D eigenvalue weighted by molar-refractivity contribution is 6.32. The fourth-order valence-corrected chi connectivity index (χ4v) is 6.47. The Labute approximate surface area is 208 Å². The van der Waals surface area contributed by atoms with Crippen molar-refractivity contribution < 1.29 is 23.5 Å². The molecule has 180 valence electrons. The molecule has 3 aliphatic rings. The van der Waals surface area contributed by atoms with E-state index in [1.54, 1.807) is 48.6 Å². The van der Waals surface area contributed by atoms with Crippen molar-refractivity contribution in [2.24, 2.45) is 5.41 Å². The third-order valence-electron chi connectivity index (χ3n) is 7.74. The minimum Gasteiger partial charge on any atom is -0.494 e. The van der Waals surface area contributed by atoms with Crippen molar-refractivity contribution in [2.45, 2.75) is 31.8 Å². The first-order chi connectivity index (χ1) is 17.4. The molecule has 1 aliphatic carbocycles. The summed E-state index contributed by atoms with van der Waals surface area (Å²) in [6, 6.07) is 17.0. The van der Waals surface area contributed by atoms with Crippen LogP contribution in [0.4, 0.5) is 10.1 Å². The van der Waals surface area contributed by atoms with Gasteiger partial charge in [-0.3, -0.25) is 14.4 Å². The van der Waals surface area contributed by atoms with E-state index in [9.17, 15) is 18.8 Å². The van der Waals surface area contributed by atoms with Crippen LogP contribution in [0.15, 0.2) is 72.8 Å².